The van der Waals surface area contributed by atoms with Crippen LogP contribution in [0.5, 0.6) is 0 Å². The number of carbonyl (C=O) groups excluding carboxylic acids is 1. The van der Waals surface area contributed by atoms with Crippen molar-refractivity contribution in [1.82, 2.24) is 4.90 Å². The van der Waals surface area contributed by atoms with Gasteiger partial charge in [0.2, 0.25) is 5.91 Å². The van der Waals surface area contributed by atoms with E-state index >= 15 is 0 Å². The lowest BCUT2D eigenvalue weighted by Crippen LogP contribution is -2.39. The van der Waals surface area contributed by atoms with Crippen molar-refractivity contribution in [2.75, 3.05) is 20.2 Å². The number of hydrogen-bond acceptors (Lipinski definition) is 3. The molecule has 1 aliphatic rings. The van der Waals surface area contributed by atoms with Crippen LogP contribution in [0.2, 0.25) is 0 Å². The Balaban J connectivity index is 2.42. The number of aliphatic hydroxyl groups is 1. The molecule has 1 heterocycles. The summed E-state index contributed by atoms with van der Waals surface area (Å²) in [5, 5.41) is 8.94. The highest BCUT2D eigenvalue weighted by atomic mass is 16.5. The number of ether oxygens (including phenoxy) is 1. The molecule has 0 spiro atoms. The van der Waals surface area contributed by atoms with Crippen LogP contribution in [0.4, 0.5) is 0 Å². The molecular formula is C10H17NO3. The Morgan fingerprint density at radius 1 is 1.50 bits per heavy atom. The summed E-state index contributed by atoms with van der Waals surface area (Å²) in [4.78, 5) is 13.2. The van der Waals surface area contributed by atoms with Gasteiger partial charge >= 0.3 is 0 Å². The Morgan fingerprint density at radius 3 is 2.50 bits per heavy atom. The van der Waals surface area contributed by atoms with Crippen LogP contribution in [0.25, 0.3) is 0 Å². The molecule has 14 heavy (non-hydrogen) atoms. The zero-order valence-electron chi connectivity index (χ0n) is 8.69. The topological polar surface area (TPSA) is 49.8 Å². The maximum absolute atomic E-state index is 11.5. The summed E-state index contributed by atoms with van der Waals surface area (Å²) in [7, 11) is 1.69. The monoisotopic (exact) mass is 199 g/mol. The number of nitrogens with zero attached hydrogens (tertiary/aromatic N) is 1. The number of aliphatic hydroxyl groups excluding tert-OH is 1. The van der Waals surface area contributed by atoms with Gasteiger partial charge in [-0.05, 0) is 19.8 Å². The highest BCUT2D eigenvalue weighted by molar-refractivity contribution is 5.87. The maximum atomic E-state index is 11.5. The van der Waals surface area contributed by atoms with Gasteiger partial charge in [0.05, 0.1) is 11.9 Å². The SMILES string of the molecule is COC1CCN(C(=O)C=C(C)O)CC1. The summed E-state index contributed by atoms with van der Waals surface area (Å²) in [6.07, 6.45) is 3.28. The molecule has 4 nitrogen and oxygen atoms in total. The Hall–Kier alpha value is -1.03. The Kier molecular flexibility index (Phi) is 3.95. The van der Waals surface area contributed by atoms with Gasteiger partial charge in [-0.1, -0.05) is 0 Å². The van der Waals surface area contributed by atoms with Crippen LogP contribution in [-0.4, -0.2) is 42.2 Å². The molecule has 0 aromatic heterocycles. The first-order valence-electron chi connectivity index (χ1n) is 4.82. The molecule has 0 saturated carbocycles. The van der Waals surface area contributed by atoms with Gasteiger partial charge in [0.15, 0.2) is 0 Å². The fourth-order valence-electron chi connectivity index (χ4n) is 1.58. The molecule has 1 saturated heterocycles. The van der Waals surface area contributed by atoms with Crippen LogP contribution < -0.4 is 0 Å². The molecule has 1 fully saturated rings. The van der Waals surface area contributed by atoms with Crippen molar-refractivity contribution < 1.29 is 14.6 Å². The Morgan fingerprint density at radius 2 is 2.07 bits per heavy atom. The van der Waals surface area contributed by atoms with E-state index in [4.69, 9.17) is 9.84 Å². The van der Waals surface area contributed by atoms with E-state index in [1.807, 2.05) is 0 Å². The predicted octanol–water partition coefficient (Wildman–Crippen LogP) is 1.09. The molecule has 0 aromatic carbocycles. The average molecular weight is 199 g/mol. The number of piperidine rings is 1. The molecule has 80 valence electrons. The molecule has 1 aliphatic heterocycles. The van der Waals surface area contributed by atoms with Crippen molar-refractivity contribution in [3.63, 3.8) is 0 Å². The molecule has 4 heteroatoms. The van der Waals surface area contributed by atoms with E-state index in [1.54, 1.807) is 12.0 Å². The van der Waals surface area contributed by atoms with Gasteiger partial charge in [-0.3, -0.25) is 4.79 Å². The first-order valence-corrected chi connectivity index (χ1v) is 4.82. The average Bonchev–Trinajstić information content (AvgIpc) is 2.17. The van der Waals surface area contributed by atoms with Crippen molar-refractivity contribution in [2.24, 2.45) is 0 Å². The number of carbonyl (C=O) groups is 1. The zero-order valence-corrected chi connectivity index (χ0v) is 8.69. The van der Waals surface area contributed by atoms with Crippen molar-refractivity contribution in [3.05, 3.63) is 11.8 Å². The van der Waals surface area contributed by atoms with Crippen LogP contribution in [0.15, 0.2) is 11.8 Å². The lowest BCUT2D eigenvalue weighted by atomic mass is 10.1. The van der Waals surface area contributed by atoms with Crippen molar-refractivity contribution >= 4 is 5.91 Å². The third-order valence-corrected chi connectivity index (χ3v) is 2.42. The first-order chi connectivity index (χ1) is 6.63. The molecule has 0 radical (unpaired) electrons. The number of allylic oxidation sites excluding steroid dienone is 1. The Labute approximate surface area is 84.2 Å². The normalized spacial score (nSPS) is 19.9. The second kappa shape index (κ2) is 5.00. The minimum atomic E-state index is -0.112. The standard InChI is InChI=1S/C10H17NO3/c1-8(12)7-10(13)11-5-3-9(14-2)4-6-11/h7,9,12H,3-6H2,1-2H3. The molecule has 0 unspecified atom stereocenters. The summed E-state index contributed by atoms with van der Waals surface area (Å²) in [6, 6.07) is 0. The molecule has 0 atom stereocenters. The van der Waals surface area contributed by atoms with Crippen LogP contribution in [-0.2, 0) is 9.53 Å². The van der Waals surface area contributed by atoms with Gasteiger partial charge in [0.25, 0.3) is 0 Å². The number of hydrogen-bond donors (Lipinski definition) is 1. The van der Waals surface area contributed by atoms with Crippen molar-refractivity contribution in [1.29, 1.82) is 0 Å². The largest absolute Gasteiger partial charge is 0.512 e. The molecule has 0 bridgehead atoms. The van der Waals surface area contributed by atoms with Crippen LogP contribution in [0, 0.1) is 0 Å². The van der Waals surface area contributed by atoms with Gasteiger partial charge < -0.3 is 14.7 Å². The molecule has 1 N–H and O–H groups in total. The highest BCUT2D eigenvalue weighted by Crippen LogP contribution is 2.13. The van der Waals surface area contributed by atoms with Gasteiger partial charge in [0, 0.05) is 26.3 Å². The van der Waals surface area contributed by atoms with Crippen LogP contribution in [0.3, 0.4) is 0 Å². The molecular weight excluding hydrogens is 182 g/mol. The fourth-order valence-corrected chi connectivity index (χ4v) is 1.58. The minimum Gasteiger partial charge on any atom is -0.512 e. The molecule has 0 aliphatic carbocycles. The number of amides is 1. The van der Waals surface area contributed by atoms with Gasteiger partial charge in [0.1, 0.15) is 0 Å². The van der Waals surface area contributed by atoms with E-state index in [0.29, 0.717) is 13.1 Å². The van der Waals surface area contributed by atoms with E-state index in [9.17, 15) is 4.79 Å². The Bertz CT molecular complexity index is 226. The molecule has 0 aromatic rings. The summed E-state index contributed by atoms with van der Waals surface area (Å²) >= 11 is 0. The number of methoxy groups -OCH3 is 1. The van der Waals surface area contributed by atoms with E-state index in [-0.39, 0.29) is 17.8 Å². The van der Waals surface area contributed by atoms with E-state index in [0.717, 1.165) is 12.8 Å². The second-order valence-electron chi connectivity index (χ2n) is 3.55. The zero-order chi connectivity index (χ0) is 10.6. The molecule has 1 rings (SSSR count). The number of likely N-dealkylation sites (tertiary alicyclic amines) is 1. The van der Waals surface area contributed by atoms with Gasteiger partial charge in [-0.15, -0.1) is 0 Å². The van der Waals surface area contributed by atoms with Crippen molar-refractivity contribution in [3.8, 4) is 0 Å². The lowest BCUT2D eigenvalue weighted by Gasteiger charge is -2.30. The summed E-state index contributed by atoms with van der Waals surface area (Å²) < 4.78 is 5.20. The third-order valence-electron chi connectivity index (χ3n) is 2.42. The number of rotatable bonds is 2. The van der Waals surface area contributed by atoms with Gasteiger partial charge in [-0.25, -0.2) is 0 Å². The summed E-state index contributed by atoms with van der Waals surface area (Å²) in [5.41, 5.74) is 0. The van der Waals surface area contributed by atoms with Crippen molar-refractivity contribution in [2.45, 2.75) is 25.9 Å². The lowest BCUT2D eigenvalue weighted by molar-refractivity contribution is -0.128. The molecule has 1 amide bonds. The van der Waals surface area contributed by atoms with Crippen LogP contribution >= 0.6 is 0 Å². The highest BCUT2D eigenvalue weighted by Gasteiger charge is 2.21. The quantitative estimate of drug-likeness (QED) is 0.535. The summed E-state index contributed by atoms with van der Waals surface area (Å²) in [5.74, 6) is -0.0524. The van der Waals surface area contributed by atoms with Gasteiger partial charge in [-0.2, -0.15) is 0 Å². The minimum absolute atomic E-state index is 0.0591. The first kappa shape index (κ1) is 11.0. The summed E-state index contributed by atoms with van der Waals surface area (Å²) in [6.45, 7) is 2.92. The smallest absolute Gasteiger partial charge is 0.249 e. The van der Waals surface area contributed by atoms with E-state index in [1.165, 1.54) is 13.0 Å². The van der Waals surface area contributed by atoms with E-state index < -0.39 is 0 Å². The van der Waals surface area contributed by atoms with E-state index in [2.05, 4.69) is 0 Å². The fraction of sp³-hybridized carbons (Fsp3) is 0.700. The predicted molar refractivity (Wildman–Crippen MR) is 53.0 cm³/mol. The maximum Gasteiger partial charge on any atom is 0.249 e. The second-order valence-corrected chi connectivity index (χ2v) is 3.55. The van der Waals surface area contributed by atoms with Crippen LogP contribution in [0.1, 0.15) is 19.8 Å². The third kappa shape index (κ3) is 3.03.